The lowest BCUT2D eigenvalue weighted by Crippen LogP contribution is -2.36. The van der Waals surface area contributed by atoms with E-state index in [1.54, 1.807) is 12.4 Å². The van der Waals surface area contributed by atoms with Gasteiger partial charge in [0, 0.05) is 25.8 Å². The van der Waals surface area contributed by atoms with Crippen LogP contribution in [0.5, 0.6) is 0 Å². The number of carbonyl (C=O) groups is 1. The molecule has 3 fully saturated rings. The Labute approximate surface area is 136 Å². The van der Waals surface area contributed by atoms with Crippen LogP contribution in [0.25, 0.3) is 0 Å². The van der Waals surface area contributed by atoms with Crippen LogP contribution in [0.2, 0.25) is 0 Å². The maximum Gasteiger partial charge on any atom is 0.274 e. The molecule has 2 atom stereocenters. The summed E-state index contributed by atoms with van der Waals surface area (Å²) >= 11 is 0. The summed E-state index contributed by atoms with van der Waals surface area (Å²) in [5.74, 6) is 0.716. The molecule has 0 radical (unpaired) electrons. The Morgan fingerprint density at radius 3 is 3.04 bits per heavy atom. The highest BCUT2D eigenvalue weighted by Crippen LogP contribution is 2.37. The summed E-state index contributed by atoms with van der Waals surface area (Å²) in [4.78, 5) is 22.7. The van der Waals surface area contributed by atoms with E-state index in [0.29, 0.717) is 25.4 Å². The molecule has 6 heteroatoms. The lowest BCUT2D eigenvalue weighted by Gasteiger charge is -2.23. The van der Waals surface area contributed by atoms with E-state index in [-0.39, 0.29) is 17.6 Å². The van der Waals surface area contributed by atoms with Crippen molar-refractivity contribution in [2.75, 3.05) is 26.3 Å². The van der Waals surface area contributed by atoms with E-state index in [2.05, 4.69) is 9.97 Å². The summed E-state index contributed by atoms with van der Waals surface area (Å²) in [5.41, 5.74) is 1.00. The van der Waals surface area contributed by atoms with Crippen LogP contribution in [0, 0.1) is 12.8 Å². The lowest BCUT2D eigenvalue weighted by atomic mass is 9.98. The second-order valence-corrected chi connectivity index (χ2v) is 7.12. The molecule has 23 heavy (non-hydrogen) atoms. The molecule has 0 aromatic carbocycles. The van der Waals surface area contributed by atoms with Gasteiger partial charge in [0.15, 0.2) is 0 Å². The number of amides is 1. The van der Waals surface area contributed by atoms with Gasteiger partial charge in [-0.2, -0.15) is 0 Å². The van der Waals surface area contributed by atoms with Gasteiger partial charge in [-0.15, -0.1) is 0 Å². The summed E-state index contributed by atoms with van der Waals surface area (Å²) in [6, 6.07) is 0. The zero-order valence-corrected chi connectivity index (χ0v) is 13.5. The lowest BCUT2D eigenvalue weighted by molar-refractivity contribution is 0.00153. The average Bonchev–Trinajstić information content (AvgIpc) is 3.18. The van der Waals surface area contributed by atoms with Crippen LogP contribution >= 0.6 is 0 Å². The van der Waals surface area contributed by atoms with Crippen LogP contribution in [0.15, 0.2) is 12.4 Å². The molecule has 3 heterocycles. The molecule has 6 nitrogen and oxygen atoms in total. The van der Waals surface area contributed by atoms with E-state index in [0.717, 1.165) is 31.1 Å². The Morgan fingerprint density at radius 2 is 2.30 bits per heavy atom. The van der Waals surface area contributed by atoms with Gasteiger partial charge >= 0.3 is 0 Å². The number of hydrogen-bond donors (Lipinski definition) is 0. The molecule has 124 valence electrons. The number of rotatable bonds is 4. The first-order chi connectivity index (χ1) is 11.1. The third kappa shape index (κ3) is 3.23. The molecule has 1 saturated carbocycles. The molecule has 1 aromatic heterocycles. The van der Waals surface area contributed by atoms with Gasteiger partial charge < -0.3 is 14.4 Å². The highest BCUT2D eigenvalue weighted by Gasteiger charge is 2.47. The van der Waals surface area contributed by atoms with Gasteiger partial charge in [0.25, 0.3) is 5.91 Å². The molecule has 2 aliphatic heterocycles. The molecular formula is C17H23N3O3. The Kier molecular flexibility index (Phi) is 3.81. The molecule has 0 bridgehead atoms. The van der Waals surface area contributed by atoms with Crippen molar-refractivity contribution in [2.24, 2.45) is 5.92 Å². The highest BCUT2D eigenvalue weighted by atomic mass is 16.6. The number of aromatic nitrogens is 2. The van der Waals surface area contributed by atoms with E-state index in [1.165, 1.54) is 12.8 Å². The quantitative estimate of drug-likeness (QED) is 0.844. The fraction of sp³-hybridized carbons (Fsp3) is 0.706. The topological polar surface area (TPSA) is 64.6 Å². The third-order valence-corrected chi connectivity index (χ3v) is 5.04. The van der Waals surface area contributed by atoms with Crippen LogP contribution in [-0.4, -0.2) is 58.8 Å². The zero-order valence-electron chi connectivity index (χ0n) is 13.5. The van der Waals surface area contributed by atoms with Crippen molar-refractivity contribution in [2.45, 2.75) is 44.3 Å². The maximum absolute atomic E-state index is 12.5. The summed E-state index contributed by atoms with van der Waals surface area (Å²) < 4.78 is 12.0. The Balaban J connectivity index is 1.35. The van der Waals surface area contributed by atoms with Gasteiger partial charge in [-0.3, -0.25) is 9.78 Å². The number of likely N-dealkylation sites (tertiary alicyclic amines) is 1. The summed E-state index contributed by atoms with van der Waals surface area (Å²) in [7, 11) is 0. The second-order valence-electron chi connectivity index (χ2n) is 7.12. The smallest absolute Gasteiger partial charge is 0.274 e. The molecule has 3 aliphatic rings. The minimum absolute atomic E-state index is 0.0553. The first-order valence-electron chi connectivity index (χ1n) is 8.47. The van der Waals surface area contributed by atoms with Crippen LogP contribution in [-0.2, 0) is 9.47 Å². The van der Waals surface area contributed by atoms with Gasteiger partial charge in [-0.1, -0.05) is 0 Å². The van der Waals surface area contributed by atoms with Crippen molar-refractivity contribution in [3.63, 3.8) is 0 Å². The molecule has 1 aromatic rings. The Morgan fingerprint density at radius 1 is 1.43 bits per heavy atom. The van der Waals surface area contributed by atoms with Crippen molar-refractivity contribution >= 4 is 5.91 Å². The Hall–Kier alpha value is -1.53. The normalized spacial score (nSPS) is 30.3. The van der Waals surface area contributed by atoms with Crippen molar-refractivity contribution < 1.29 is 14.3 Å². The standard InChI is InChI=1S/C17H23N3O3/c1-12-7-19-15(8-18-12)16(21)20-5-4-17(11-20)6-14(10-23-17)22-9-13-2-3-13/h7-8,13-14H,2-6,9-11H2,1H3. The molecule has 1 spiro atoms. The fourth-order valence-corrected chi connectivity index (χ4v) is 3.43. The molecule has 2 unspecified atom stereocenters. The zero-order chi connectivity index (χ0) is 15.9. The van der Waals surface area contributed by atoms with Crippen LogP contribution in [0.3, 0.4) is 0 Å². The highest BCUT2D eigenvalue weighted by molar-refractivity contribution is 5.92. The van der Waals surface area contributed by atoms with Crippen molar-refractivity contribution in [3.8, 4) is 0 Å². The number of carbonyl (C=O) groups excluding carboxylic acids is 1. The molecule has 1 aliphatic carbocycles. The van der Waals surface area contributed by atoms with Crippen LogP contribution < -0.4 is 0 Å². The molecule has 1 amide bonds. The van der Waals surface area contributed by atoms with Crippen LogP contribution in [0.4, 0.5) is 0 Å². The van der Waals surface area contributed by atoms with Crippen LogP contribution in [0.1, 0.15) is 41.9 Å². The molecule has 4 rings (SSSR count). The molecule has 0 N–H and O–H groups in total. The Bertz CT molecular complexity index is 587. The predicted molar refractivity (Wildman–Crippen MR) is 83.1 cm³/mol. The average molecular weight is 317 g/mol. The van der Waals surface area contributed by atoms with E-state index >= 15 is 0 Å². The van der Waals surface area contributed by atoms with Crippen molar-refractivity contribution in [3.05, 3.63) is 23.8 Å². The molecule has 2 saturated heterocycles. The van der Waals surface area contributed by atoms with Gasteiger partial charge in [-0.05, 0) is 32.1 Å². The van der Waals surface area contributed by atoms with Crippen molar-refractivity contribution in [1.29, 1.82) is 0 Å². The first kappa shape index (κ1) is 15.0. The van der Waals surface area contributed by atoms with Gasteiger partial charge in [0.2, 0.25) is 0 Å². The van der Waals surface area contributed by atoms with Gasteiger partial charge in [0.05, 0.1) is 36.7 Å². The summed E-state index contributed by atoms with van der Waals surface area (Å²) in [5, 5.41) is 0. The summed E-state index contributed by atoms with van der Waals surface area (Å²) in [6.07, 6.45) is 7.75. The number of ether oxygens (including phenoxy) is 2. The third-order valence-electron chi connectivity index (χ3n) is 5.04. The maximum atomic E-state index is 12.5. The minimum Gasteiger partial charge on any atom is -0.375 e. The second kappa shape index (κ2) is 5.83. The van der Waals surface area contributed by atoms with Crippen molar-refractivity contribution in [1.82, 2.24) is 14.9 Å². The van der Waals surface area contributed by atoms with E-state index in [1.807, 2.05) is 11.8 Å². The van der Waals surface area contributed by atoms with E-state index < -0.39 is 0 Å². The number of aryl methyl sites for hydroxylation is 1. The largest absolute Gasteiger partial charge is 0.375 e. The number of nitrogens with zero attached hydrogens (tertiary/aromatic N) is 3. The minimum atomic E-state index is -0.220. The fourth-order valence-electron chi connectivity index (χ4n) is 3.43. The number of hydrogen-bond acceptors (Lipinski definition) is 5. The predicted octanol–water partition coefficient (Wildman–Crippen LogP) is 1.59. The molecular weight excluding hydrogens is 294 g/mol. The first-order valence-corrected chi connectivity index (χ1v) is 8.47. The van der Waals surface area contributed by atoms with Gasteiger partial charge in [-0.25, -0.2) is 4.98 Å². The monoisotopic (exact) mass is 317 g/mol. The SMILES string of the molecule is Cc1cnc(C(=O)N2CCC3(CC(OCC4CC4)CO3)C2)cn1. The summed E-state index contributed by atoms with van der Waals surface area (Å²) in [6.45, 7) is 4.72. The van der Waals surface area contributed by atoms with Gasteiger partial charge in [0.1, 0.15) is 5.69 Å². The van der Waals surface area contributed by atoms with E-state index in [9.17, 15) is 4.79 Å². The van der Waals surface area contributed by atoms with E-state index in [4.69, 9.17) is 9.47 Å².